The van der Waals surface area contributed by atoms with Crippen LogP contribution in [0.5, 0.6) is 0 Å². The van der Waals surface area contributed by atoms with E-state index >= 15 is 0 Å². The minimum atomic E-state index is 0.353. The zero-order valence-electron chi connectivity index (χ0n) is 13.3. The first kappa shape index (κ1) is 14.3. The summed E-state index contributed by atoms with van der Waals surface area (Å²) in [4.78, 5) is 0. The van der Waals surface area contributed by atoms with Crippen LogP contribution in [0, 0.1) is 13.8 Å². The summed E-state index contributed by atoms with van der Waals surface area (Å²) in [6, 6.07) is 11.8. The van der Waals surface area contributed by atoms with Crippen LogP contribution in [-0.4, -0.2) is 16.3 Å². The maximum atomic E-state index is 4.76. The molecule has 112 valence electrons. The predicted molar refractivity (Wildman–Crippen MR) is 86.5 cm³/mol. The van der Waals surface area contributed by atoms with E-state index in [0.29, 0.717) is 12.1 Å². The molecule has 3 nitrogen and oxygen atoms in total. The Labute approximate surface area is 127 Å². The lowest BCUT2D eigenvalue weighted by Gasteiger charge is -2.28. The molecule has 0 amide bonds. The number of hydrogen-bond donors (Lipinski definition) is 1. The molecule has 0 spiro atoms. The topological polar surface area (TPSA) is 29.9 Å². The van der Waals surface area contributed by atoms with Crippen LogP contribution in [0.4, 0.5) is 0 Å². The molecular weight excluding hydrogens is 258 g/mol. The third-order valence-electron chi connectivity index (χ3n) is 4.50. The summed E-state index contributed by atoms with van der Waals surface area (Å²) in [6.07, 6.45) is 3.57. The number of rotatable bonds is 3. The number of benzene rings is 1. The summed E-state index contributed by atoms with van der Waals surface area (Å²) in [5.74, 6) is 0. The molecule has 0 radical (unpaired) electrons. The monoisotopic (exact) mass is 283 g/mol. The van der Waals surface area contributed by atoms with Crippen molar-refractivity contribution in [1.82, 2.24) is 15.1 Å². The van der Waals surface area contributed by atoms with Crippen LogP contribution >= 0.6 is 0 Å². The van der Waals surface area contributed by atoms with E-state index in [4.69, 9.17) is 5.10 Å². The molecule has 2 atom stereocenters. The van der Waals surface area contributed by atoms with Gasteiger partial charge in [0, 0.05) is 5.69 Å². The number of nitrogens with one attached hydrogen (secondary N) is 1. The zero-order chi connectivity index (χ0) is 14.8. The highest BCUT2D eigenvalue weighted by molar-refractivity contribution is 5.32. The summed E-state index contributed by atoms with van der Waals surface area (Å²) in [7, 11) is 0. The highest BCUT2D eigenvalue weighted by Crippen LogP contribution is 2.36. The summed E-state index contributed by atoms with van der Waals surface area (Å²) < 4.78 is 2.24. The first-order valence-electron chi connectivity index (χ1n) is 8.04. The number of aromatic nitrogens is 2. The molecule has 1 aliphatic carbocycles. The summed E-state index contributed by atoms with van der Waals surface area (Å²) in [5.41, 5.74) is 5.32. The maximum absolute atomic E-state index is 4.76. The molecule has 0 saturated heterocycles. The van der Waals surface area contributed by atoms with E-state index in [-0.39, 0.29) is 0 Å². The van der Waals surface area contributed by atoms with Crippen molar-refractivity contribution in [1.29, 1.82) is 0 Å². The minimum Gasteiger partial charge on any atom is -0.308 e. The summed E-state index contributed by atoms with van der Waals surface area (Å²) >= 11 is 0. The lowest BCUT2D eigenvalue weighted by Crippen LogP contribution is -2.31. The lowest BCUT2D eigenvalue weighted by molar-refractivity contribution is 0.314. The Morgan fingerprint density at radius 2 is 2.10 bits per heavy atom. The van der Waals surface area contributed by atoms with Crippen molar-refractivity contribution in [3.8, 4) is 0 Å². The Balaban J connectivity index is 2.05. The van der Waals surface area contributed by atoms with Gasteiger partial charge in [0.05, 0.1) is 17.8 Å². The Bertz CT molecular complexity index is 615. The predicted octanol–water partition coefficient (Wildman–Crippen LogP) is 3.73. The molecule has 0 fully saturated rings. The molecule has 3 heteroatoms. The average Bonchev–Trinajstić information content (AvgIpc) is 2.70. The van der Waals surface area contributed by atoms with Gasteiger partial charge in [0.15, 0.2) is 0 Å². The molecule has 1 N–H and O–H groups in total. The van der Waals surface area contributed by atoms with Crippen LogP contribution in [-0.2, 0) is 6.42 Å². The molecule has 0 saturated carbocycles. The van der Waals surface area contributed by atoms with Crippen LogP contribution in [0.1, 0.15) is 54.4 Å². The molecule has 0 aliphatic heterocycles. The van der Waals surface area contributed by atoms with Gasteiger partial charge in [-0.2, -0.15) is 5.10 Å². The van der Waals surface area contributed by atoms with E-state index in [0.717, 1.165) is 12.2 Å². The SMILES string of the molecule is CCNC1c2ccccc2CCCC1n1nc(C)cc1C. The second kappa shape index (κ2) is 6.02. The number of nitrogens with zero attached hydrogens (tertiary/aromatic N) is 2. The summed E-state index contributed by atoms with van der Waals surface area (Å²) in [5, 5.41) is 8.46. The van der Waals surface area contributed by atoms with Gasteiger partial charge in [-0.15, -0.1) is 0 Å². The fourth-order valence-electron chi connectivity index (χ4n) is 3.65. The Hall–Kier alpha value is -1.61. The van der Waals surface area contributed by atoms with Crippen molar-refractivity contribution in [3.05, 3.63) is 52.8 Å². The van der Waals surface area contributed by atoms with Gasteiger partial charge in [0.25, 0.3) is 0 Å². The number of likely N-dealkylation sites (N-methyl/N-ethyl adjacent to an activating group) is 1. The van der Waals surface area contributed by atoms with Crippen LogP contribution in [0.15, 0.2) is 30.3 Å². The van der Waals surface area contributed by atoms with Gasteiger partial charge in [-0.3, -0.25) is 4.68 Å². The Morgan fingerprint density at radius 1 is 1.29 bits per heavy atom. The molecule has 1 heterocycles. The maximum Gasteiger partial charge on any atom is 0.0717 e. The van der Waals surface area contributed by atoms with Gasteiger partial charge in [0.1, 0.15) is 0 Å². The van der Waals surface area contributed by atoms with Gasteiger partial charge in [-0.05, 0) is 56.8 Å². The molecule has 1 aromatic heterocycles. The third kappa shape index (κ3) is 2.75. The van der Waals surface area contributed by atoms with Gasteiger partial charge in [-0.1, -0.05) is 31.2 Å². The van der Waals surface area contributed by atoms with E-state index in [1.807, 2.05) is 0 Å². The smallest absolute Gasteiger partial charge is 0.0717 e. The number of aryl methyl sites for hydroxylation is 3. The van der Waals surface area contributed by atoms with Crippen LogP contribution < -0.4 is 5.32 Å². The van der Waals surface area contributed by atoms with Crippen molar-refractivity contribution in [3.63, 3.8) is 0 Å². The van der Waals surface area contributed by atoms with E-state index in [2.05, 4.69) is 61.1 Å². The first-order valence-corrected chi connectivity index (χ1v) is 8.04. The summed E-state index contributed by atoms with van der Waals surface area (Å²) in [6.45, 7) is 7.41. The fourth-order valence-corrected chi connectivity index (χ4v) is 3.65. The molecule has 3 rings (SSSR count). The molecule has 0 bridgehead atoms. The normalized spacial score (nSPS) is 21.9. The van der Waals surface area contributed by atoms with Crippen molar-refractivity contribution < 1.29 is 0 Å². The molecule has 21 heavy (non-hydrogen) atoms. The Kier molecular flexibility index (Phi) is 4.11. The van der Waals surface area contributed by atoms with E-state index in [9.17, 15) is 0 Å². The van der Waals surface area contributed by atoms with Crippen molar-refractivity contribution in [2.24, 2.45) is 0 Å². The van der Waals surface area contributed by atoms with Gasteiger partial charge in [0.2, 0.25) is 0 Å². The molecule has 2 aromatic rings. The third-order valence-corrected chi connectivity index (χ3v) is 4.50. The van der Waals surface area contributed by atoms with Crippen LogP contribution in [0.2, 0.25) is 0 Å². The van der Waals surface area contributed by atoms with Crippen LogP contribution in [0.3, 0.4) is 0 Å². The quantitative estimate of drug-likeness (QED) is 0.870. The molecule has 1 aliphatic rings. The van der Waals surface area contributed by atoms with Crippen LogP contribution in [0.25, 0.3) is 0 Å². The second-order valence-electron chi connectivity index (χ2n) is 6.07. The van der Waals surface area contributed by atoms with Crippen molar-refractivity contribution in [2.75, 3.05) is 6.54 Å². The first-order chi connectivity index (χ1) is 10.2. The van der Waals surface area contributed by atoms with Gasteiger partial charge >= 0.3 is 0 Å². The fraction of sp³-hybridized carbons (Fsp3) is 0.500. The highest BCUT2D eigenvalue weighted by atomic mass is 15.3. The Morgan fingerprint density at radius 3 is 2.81 bits per heavy atom. The molecular formula is C18H25N3. The molecule has 2 unspecified atom stereocenters. The largest absolute Gasteiger partial charge is 0.308 e. The lowest BCUT2D eigenvalue weighted by atomic mass is 9.96. The van der Waals surface area contributed by atoms with E-state index in [1.165, 1.54) is 36.1 Å². The zero-order valence-corrected chi connectivity index (χ0v) is 13.3. The minimum absolute atomic E-state index is 0.353. The number of fused-ring (bicyclic) bond motifs is 1. The highest BCUT2D eigenvalue weighted by Gasteiger charge is 2.29. The van der Waals surface area contributed by atoms with Crippen molar-refractivity contribution >= 4 is 0 Å². The van der Waals surface area contributed by atoms with Gasteiger partial charge in [-0.25, -0.2) is 0 Å². The molecule has 1 aromatic carbocycles. The van der Waals surface area contributed by atoms with Crippen molar-refractivity contribution in [2.45, 2.75) is 52.1 Å². The van der Waals surface area contributed by atoms with Gasteiger partial charge < -0.3 is 5.32 Å². The standard InChI is InChI=1S/C18H25N3/c1-4-19-18-16-10-6-5-8-15(16)9-7-11-17(18)21-14(3)12-13(2)20-21/h5-6,8,10,12,17-19H,4,7,9,11H2,1-3H3. The second-order valence-corrected chi connectivity index (χ2v) is 6.07. The number of hydrogen-bond acceptors (Lipinski definition) is 2. The van der Waals surface area contributed by atoms with E-state index in [1.54, 1.807) is 0 Å². The average molecular weight is 283 g/mol. The van der Waals surface area contributed by atoms with E-state index < -0.39 is 0 Å².